The van der Waals surface area contributed by atoms with Crippen molar-refractivity contribution in [1.29, 1.82) is 0 Å². The second-order valence-corrected chi connectivity index (χ2v) is 6.35. The quantitative estimate of drug-likeness (QED) is 0.571. The van der Waals surface area contributed by atoms with Gasteiger partial charge in [0.1, 0.15) is 11.5 Å². The number of allylic oxidation sites excluding steroid dienone is 1. The number of ether oxygens (including phenoxy) is 3. The van der Waals surface area contributed by atoms with Crippen molar-refractivity contribution in [3.8, 4) is 11.5 Å². The lowest BCUT2D eigenvalue weighted by Gasteiger charge is -2.12. The van der Waals surface area contributed by atoms with Crippen LogP contribution in [-0.2, 0) is 9.53 Å². The molecule has 25 heavy (non-hydrogen) atoms. The number of hydrogen-bond acceptors (Lipinski definition) is 5. The molecule has 1 aliphatic rings. The predicted octanol–water partition coefficient (Wildman–Crippen LogP) is 4.01. The van der Waals surface area contributed by atoms with Crippen molar-refractivity contribution in [3.05, 3.63) is 63.8 Å². The summed E-state index contributed by atoms with van der Waals surface area (Å²) in [5.74, 6) is 0.409. The van der Waals surface area contributed by atoms with E-state index >= 15 is 0 Å². The Labute approximate surface area is 153 Å². The first kappa shape index (κ1) is 17.2. The molecular weight excluding hydrogens is 388 g/mol. The van der Waals surface area contributed by atoms with Gasteiger partial charge >= 0.3 is 5.97 Å². The Bertz CT molecular complexity index is 855. The molecule has 0 fully saturated rings. The normalized spacial score (nSPS) is 15.5. The van der Waals surface area contributed by atoms with Gasteiger partial charge in [0.05, 0.1) is 12.7 Å². The molecule has 0 spiro atoms. The van der Waals surface area contributed by atoms with Crippen molar-refractivity contribution in [2.45, 2.75) is 13.0 Å². The predicted molar refractivity (Wildman–Crippen MR) is 95.6 cm³/mol. The highest BCUT2D eigenvalue weighted by atomic mass is 79.9. The van der Waals surface area contributed by atoms with E-state index in [0.717, 1.165) is 10.0 Å². The van der Waals surface area contributed by atoms with Crippen LogP contribution in [0.15, 0.2) is 52.7 Å². The van der Waals surface area contributed by atoms with Crippen molar-refractivity contribution >= 4 is 33.8 Å². The van der Waals surface area contributed by atoms with Gasteiger partial charge in [-0.3, -0.25) is 4.79 Å². The average Bonchev–Trinajstić information content (AvgIpc) is 2.91. The Morgan fingerprint density at radius 1 is 1.20 bits per heavy atom. The molecule has 0 saturated carbocycles. The number of carbonyl (C=O) groups is 2. The van der Waals surface area contributed by atoms with Crippen molar-refractivity contribution in [1.82, 2.24) is 0 Å². The zero-order chi connectivity index (χ0) is 18.0. The summed E-state index contributed by atoms with van der Waals surface area (Å²) >= 11 is 3.37. The third-order valence-corrected chi connectivity index (χ3v) is 4.18. The van der Waals surface area contributed by atoms with Crippen molar-refractivity contribution in [2.75, 3.05) is 7.11 Å². The molecule has 0 aliphatic carbocycles. The minimum atomic E-state index is -0.752. The molecule has 0 aromatic heterocycles. The molecule has 128 valence electrons. The zero-order valence-corrected chi connectivity index (χ0v) is 15.2. The number of fused-ring (bicyclic) bond motifs is 1. The maximum absolute atomic E-state index is 12.4. The van der Waals surface area contributed by atoms with Crippen LogP contribution in [0.25, 0.3) is 6.08 Å². The molecule has 3 rings (SSSR count). The van der Waals surface area contributed by atoms with Crippen LogP contribution in [0.4, 0.5) is 0 Å². The van der Waals surface area contributed by atoms with Gasteiger partial charge < -0.3 is 14.2 Å². The fraction of sp³-hybridized carbons (Fsp3) is 0.158. The summed E-state index contributed by atoms with van der Waals surface area (Å²) < 4.78 is 16.8. The number of esters is 1. The van der Waals surface area contributed by atoms with Gasteiger partial charge in [-0.05, 0) is 42.8 Å². The van der Waals surface area contributed by atoms with E-state index in [0.29, 0.717) is 17.1 Å². The average molecular weight is 403 g/mol. The first-order valence-electron chi connectivity index (χ1n) is 7.56. The SMILES string of the molecule is COC(=O)[C@@H](C)Oc1ccc2c(c1)O/C(=C\c1ccc(Br)cc1)C2=O. The Kier molecular flexibility index (Phi) is 4.90. The molecule has 0 unspecified atom stereocenters. The molecular formula is C19H15BrO5. The number of carbonyl (C=O) groups excluding carboxylic acids is 2. The Hall–Kier alpha value is -2.60. The summed E-state index contributed by atoms with van der Waals surface area (Å²) in [6.07, 6.45) is 0.935. The second kappa shape index (κ2) is 7.11. The van der Waals surface area contributed by atoms with Crippen LogP contribution >= 0.6 is 15.9 Å². The minimum Gasteiger partial charge on any atom is -0.479 e. The van der Waals surface area contributed by atoms with Crippen LogP contribution < -0.4 is 9.47 Å². The number of benzene rings is 2. The molecule has 2 aromatic carbocycles. The van der Waals surface area contributed by atoms with Crippen LogP contribution in [-0.4, -0.2) is 25.0 Å². The van der Waals surface area contributed by atoms with Crippen LogP contribution in [0.3, 0.4) is 0 Å². The Balaban J connectivity index is 1.81. The molecule has 0 bridgehead atoms. The number of rotatable bonds is 4. The third kappa shape index (κ3) is 3.74. The van der Waals surface area contributed by atoms with E-state index in [1.807, 2.05) is 24.3 Å². The minimum absolute atomic E-state index is 0.189. The van der Waals surface area contributed by atoms with Gasteiger partial charge in [0.15, 0.2) is 11.9 Å². The van der Waals surface area contributed by atoms with Gasteiger partial charge in [0, 0.05) is 10.5 Å². The van der Waals surface area contributed by atoms with E-state index in [-0.39, 0.29) is 11.5 Å². The van der Waals surface area contributed by atoms with Gasteiger partial charge in [-0.1, -0.05) is 28.1 Å². The van der Waals surface area contributed by atoms with E-state index in [9.17, 15) is 9.59 Å². The van der Waals surface area contributed by atoms with Crippen LogP contribution in [0, 0.1) is 0 Å². The molecule has 1 atom stereocenters. The summed E-state index contributed by atoms with van der Waals surface area (Å²) in [7, 11) is 1.30. The summed E-state index contributed by atoms with van der Waals surface area (Å²) in [6, 6.07) is 12.4. The standard InChI is InChI=1S/C19H15BrO5/c1-11(19(22)23-2)24-14-7-8-15-16(10-14)25-17(18(15)21)9-12-3-5-13(20)6-4-12/h3-11H,1-2H3/b17-9-/t11-/m1/s1. The zero-order valence-electron chi connectivity index (χ0n) is 13.6. The molecule has 0 radical (unpaired) electrons. The molecule has 1 heterocycles. The van der Waals surface area contributed by atoms with E-state index in [2.05, 4.69) is 20.7 Å². The summed E-state index contributed by atoms with van der Waals surface area (Å²) in [5.41, 5.74) is 1.32. The van der Waals surface area contributed by atoms with E-state index in [4.69, 9.17) is 9.47 Å². The lowest BCUT2D eigenvalue weighted by molar-refractivity contribution is -0.147. The van der Waals surface area contributed by atoms with Gasteiger partial charge in [-0.2, -0.15) is 0 Å². The van der Waals surface area contributed by atoms with Crippen molar-refractivity contribution in [3.63, 3.8) is 0 Å². The number of Topliss-reactive ketones (excluding diaryl/α,β-unsaturated/α-hetero) is 1. The molecule has 0 amide bonds. The van der Waals surface area contributed by atoms with Gasteiger partial charge in [-0.15, -0.1) is 0 Å². The topological polar surface area (TPSA) is 61.8 Å². The summed E-state index contributed by atoms with van der Waals surface area (Å²) in [6.45, 7) is 1.59. The maximum atomic E-state index is 12.4. The number of halogens is 1. The van der Waals surface area contributed by atoms with E-state index in [1.165, 1.54) is 7.11 Å². The highest BCUT2D eigenvalue weighted by Gasteiger charge is 2.28. The molecule has 1 aliphatic heterocycles. The Morgan fingerprint density at radius 2 is 1.92 bits per heavy atom. The first-order valence-corrected chi connectivity index (χ1v) is 8.35. The third-order valence-electron chi connectivity index (χ3n) is 3.66. The molecule has 6 heteroatoms. The largest absolute Gasteiger partial charge is 0.479 e. The number of methoxy groups -OCH3 is 1. The number of ketones is 1. The van der Waals surface area contributed by atoms with Crippen molar-refractivity contribution < 1.29 is 23.8 Å². The number of hydrogen-bond donors (Lipinski definition) is 0. The van der Waals surface area contributed by atoms with Crippen LogP contribution in [0.2, 0.25) is 0 Å². The lowest BCUT2D eigenvalue weighted by atomic mass is 10.1. The van der Waals surface area contributed by atoms with Gasteiger partial charge in [0.2, 0.25) is 5.78 Å². The molecule has 5 nitrogen and oxygen atoms in total. The van der Waals surface area contributed by atoms with E-state index < -0.39 is 12.1 Å². The fourth-order valence-electron chi connectivity index (χ4n) is 2.37. The summed E-state index contributed by atoms with van der Waals surface area (Å²) in [4.78, 5) is 23.9. The molecule has 2 aromatic rings. The molecule has 0 saturated heterocycles. The van der Waals surface area contributed by atoms with Crippen LogP contribution in [0.1, 0.15) is 22.8 Å². The smallest absolute Gasteiger partial charge is 0.346 e. The monoisotopic (exact) mass is 402 g/mol. The Morgan fingerprint density at radius 3 is 2.60 bits per heavy atom. The van der Waals surface area contributed by atoms with Crippen LogP contribution in [0.5, 0.6) is 11.5 Å². The van der Waals surface area contributed by atoms with Crippen molar-refractivity contribution in [2.24, 2.45) is 0 Å². The van der Waals surface area contributed by atoms with Gasteiger partial charge in [-0.25, -0.2) is 4.79 Å². The highest BCUT2D eigenvalue weighted by Crippen LogP contribution is 2.35. The summed E-state index contributed by atoms with van der Waals surface area (Å²) in [5, 5.41) is 0. The molecule has 0 N–H and O–H groups in total. The first-order chi connectivity index (χ1) is 12.0. The highest BCUT2D eigenvalue weighted by molar-refractivity contribution is 9.10. The lowest BCUT2D eigenvalue weighted by Crippen LogP contribution is -2.24. The maximum Gasteiger partial charge on any atom is 0.346 e. The fourth-order valence-corrected chi connectivity index (χ4v) is 2.63. The second-order valence-electron chi connectivity index (χ2n) is 5.43. The van der Waals surface area contributed by atoms with Gasteiger partial charge in [0.25, 0.3) is 0 Å². The van der Waals surface area contributed by atoms with E-state index in [1.54, 1.807) is 31.2 Å².